The van der Waals surface area contributed by atoms with Gasteiger partial charge in [0.2, 0.25) is 5.88 Å². The fraction of sp³-hybridized carbons (Fsp3) is 0.361. The molecule has 1 fully saturated rings. The van der Waals surface area contributed by atoms with E-state index in [4.69, 9.17) is 14.2 Å². The van der Waals surface area contributed by atoms with E-state index in [0.717, 1.165) is 60.9 Å². The number of hydrogen-bond donors (Lipinski definition) is 2. The number of hydrogen-bond acceptors (Lipinski definition) is 6. The Morgan fingerprint density at radius 2 is 1.93 bits per heavy atom. The van der Waals surface area contributed by atoms with Crippen molar-refractivity contribution in [3.8, 4) is 11.6 Å². The van der Waals surface area contributed by atoms with Gasteiger partial charge in [0.1, 0.15) is 18.1 Å². The summed E-state index contributed by atoms with van der Waals surface area (Å²) in [5.74, 6) is 1.22. The molecule has 0 bridgehead atoms. The predicted octanol–water partition coefficient (Wildman–Crippen LogP) is 7.66. The zero-order chi connectivity index (χ0) is 30.8. The van der Waals surface area contributed by atoms with Crippen LogP contribution in [0.3, 0.4) is 0 Å². The molecule has 3 heterocycles. The normalized spacial score (nSPS) is 14.8. The monoisotopic (exact) mass is 583 g/mol. The van der Waals surface area contributed by atoms with Crippen molar-refractivity contribution in [1.29, 1.82) is 0 Å². The highest BCUT2D eigenvalue weighted by molar-refractivity contribution is 5.77. The zero-order valence-electron chi connectivity index (χ0n) is 26.0. The van der Waals surface area contributed by atoms with Gasteiger partial charge in [-0.15, -0.1) is 0 Å². The maximum Gasteiger partial charge on any atom is 0.227 e. The summed E-state index contributed by atoms with van der Waals surface area (Å²) < 4.78 is 18.8. The van der Waals surface area contributed by atoms with Crippen LogP contribution in [0, 0.1) is 6.92 Å². The lowest BCUT2D eigenvalue weighted by Gasteiger charge is -2.19. The molecule has 7 nitrogen and oxygen atoms in total. The lowest BCUT2D eigenvalue weighted by molar-refractivity contribution is 0.198. The Kier molecular flexibility index (Phi) is 11.4. The highest BCUT2D eigenvalue weighted by Crippen LogP contribution is 2.31. The van der Waals surface area contributed by atoms with Crippen LogP contribution in [0.5, 0.6) is 11.6 Å². The van der Waals surface area contributed by atoms with Crippen molar-refractivity contribution in [2.75, 3.05) is 19.8 Å². The molecular formula is C36H45N3O4. The van der Waals surface area contributed by atoms with Crippen LogP contribution in [0.25, 0.3) is 17.0 Å². The number of aromatic nitrogens is 2. The molecule has 0 saturated carbocycles. The third kappa shape index (κ3) is 8.72. The van der Waals surface area contributed by atoms with Crippen molar-refractivity contribution >= 4 is 17.0 Å². The Labute approximate surface area is 256 Å². The number of aliphatic hydroxyl groups is 1. The third-order valence-corrected chi connectivity index (χ3v) is 7.28. The van der Waals surface area contributed by atoms with E-state index in [1.165, 1.54) is 29.5 Å². The van der Waals surface area contributed by atoms with Gasteiger partial charge in [-0.2, -0.15) is 5.10 Å². The first kappa shape index (κ1) is 31.9. The summed E-state index contributed by atoms with van der Waals surface area (Å²) in [6, 6.07) is 12.7. The number of nitrogens with zero attached hydrogens (tertiary/aromatic N) is 2. The number of allylic oxidation sites excluding steroid dienone is 5. The molecule has 2 aliphatic rings. The van der Waals surface area contributed by atoms with E-state index >= 15 is 0 Å². The number of aliphatic hydroxyl groups excluding tert-OH is 1. The van der Waals surface area contributed by atoms with Crippen LogP contribution in [-0.4, -0.2) is 40.7 Å². The van der Waals surface area contributed by atoms with Gasteiger partial charge in [0.25, 0.3) is 0 Å². The molecule has 43 heavy (non-hydrogen) atoms. The quantitative estimate of drug-likeness (QED) is 0.189. The van der Waals surface area contributed by atoms with Crippen LogP contribution in [0.1, 0.15) is 67.0 Å². The molecule has 2 aliphatic heterocycles. The lowest BCUT2D eigenvalue weighted by atomic mass is 9.98. The molecular weight excluding hydrogens is 538 g/mol. The Morgan fingerprint density at radius 3 is 2.63 bits per heavy atom. The summed E-state index contributed by atoms with van der Waals surface area (Å²) in [6.45, 7) is 20.2. The molecule has 2 aromatic carbocycles. The fourth-order valence-corrected chi connectivity index (χ4v) is 4.97. The van der Waals surface area contributed by atoms with E-state index in [2.05, 4.69) is 54.8 Å². The van der Waals surface area contributed by atoms with Gasteiger partial charge in [0.05, 0.1) is 17.9 Å². The van der Waals surface area contributed by atoms with Crippen molar-refractivity contribution in [2.24, 2.45) is 0 Å². The van der Waals surface area contributed by atoms with E-state index in [1.54, 1.807) is 10.9 Å². The minimum Gasteiger partial charge on any atom is -0.508 e. The molecule has 0 spiro atoms. The Morgan fingerprint density at radius 1 is 1.14 bits per heavy atom. The average molecular weight is 584 g/mol. The molecule has 0 atom stereocenters. The largest absolute Gasteiger partial charge is 0.508 e. The third-order valence-electron chi connectivity index (χ3n) is 7.28. The molecule has 1 aromatic heterocycles. The number of ether oxygens (including phenoxy) is 3. The fourth-order valence-electron chi connectivity index (χ4n) is 4.97. The number of rotatable bonds is 10. The molecule has 0 aliphatic carbocycles. The summed E-state index contributed by atoms with van der Waals surface area (Å²) in [7, 11) is 0. The molecule has 7 heteroatoms. The number of aryl methyl sites for hydroxylation is 1. The van der Waals surface area contributed by atoms with Gasteiger partial charge < -0.3 is 24.6 Å². The van der Waals surface area contributed by atoms with Crippen molar-refractivity contribution in [1.82, 2.24) is 15.1 Å². The van der Waals surface area contributed by atoms with Crippen LogP contribution in [-0.2, 0) is 24.3 Å². The summed E-state index contributed by atoms with van der Waals surface area (Å²) in [5.41, 5.74) is 8.09. The average Bonchev–Trinajstić information content (AvgIpc) is 3.70. The smallest absolute Gasteiger partial charge is 0.227 e. The lowest BCUT2D eigenvalue weighted by Crippen LogP contribution is -2.23. The molecule has 1 saturated heterocycles. The van der Waals surface area contributed by atoms with Gasteiger partial charge in [-0.1, -0.05) is 61.7 Å². The van der Waals surface area contributed by atoms with Crippen molar-refractivity contribution in [3.05, 3.63) is 107 Å². The van der Waals surface area contributed by atoms with Gasteiger partial charge in [-0.25, -0.2) is 4.68 Å². The van der Waals surface area contributed by atoms with Crippen LogP contribution >= 0.6 is 0 Å². The Hall–Kier alpha value is -4.07. The van der Waals surface area contributed by atoms with E-state index in [0.29, 0.717) is 18.1 Å². The van der Waals surface area contributed by atoms with Gasteiger partial charge in [-0.05, 0) is 87.4 Å². The molecule has 0 amide bonds. The zero-order valence-corrected chi connectivity index (χ0v) is 26.0. The first-order valence-electron chi connectivity index (χ1n) is 15.0. The van der Waals surface area contributed by atoms with Crippen LogP contribution in [0.4, 0.5) is 0 Å². The molecule has 2 N–H and O–H groups in total. The summed E-state index contributed by atoms with van der Waals surface area (Å²) in [6.07, 6.45) is 10.9. The molecule has 0 radical (unpaired) electrons. The van der Waals surface area contributed by atoms with Gasteiger partial charge in [0, 0.05) is 31.0 Å². The highest BCUT2D eigenvalue weighted by atomic mass is 16.5. The van der Waals surface area contributed by atoms with E-state index in [1.807, 2.05) is 51.1 Å². The second-order valence-corrected chi connectivity index (χ2v) is 11.2. The van der Waals surface area contributed by atoms with E-state index in [9.17, 15) is 5.11 Å². The van der Waals surface area contributed by atoms with Crippen molar-refractivity contribution in [2.45, 2.75) is 66.2 Å². The van der Waals surface area contributed by atoms with Crippen LogP contribution in [0.15, 0.2) is 74.0 Å². The maximum absolute atomic E-state index is 9.92. The standard InChI is InChI=1S/C32H37N3O3.C4H8O/c1-21(2)38-32-30(25(6)36)19-34-35(32)24(5)11-7-9-22(3)29-12-8-10-23(4)31(29)37-20-26-13-14-28-18-33-16-15-27(28)17-26;1-2-4-5-3-1/h7-14,17,19,21,33,36H,3,6,15-16,18,20H2,1-2,4-5H3;1-4H2/b9-7-,24-11+;. The number of nitrogens with one attached hydrogen (secondary N) is 1. The molecule has 3 aromatic rings. The maximum atomic E-state index is 9.92. The van der Waals surface area contributed by atoms with Crippen molar-refractivity contribution < 1.29 is 19.3 Å². The molecule has 0 unspecified atom stereocenters. The van der Waals surface area contributed by atoms with Crippen LogP contribution < -0.4 is 14.8 Å². The number of benzene rings is 2. The minimum atomic E-state index is -0.0806. The topological polar surface area (TPSA) is 77.8 Å². The second-order valence-electron chi connectivity index (χ2n) is 11.2. The number of para-hydroxylation sites is 1. The Bertz CT molecular complexity index is 1470. The number of fused-ring (bicyclic) bond motifs is 1. The minimum absolute atomic E-state index is 0.0790. The first-order valence-corrected chi connectivity index (χ1v) is 15.0. The van der Waals surface area contributed by atoms with E-state index in [-0.39, 0.29) is 11.9 Å². The SMILES string of the molecule is C1CCOC1.C=C(/C=C\C=C(/C)n1ncc(C(=C)O)c1OC(C)C)c1cccc(C)c1OCc1ccc2c(c1)CCNC2. The van der Waals surface area contributed by atoms with Crippen LogP contribution in [0.2, 0.25) is 0 Å². The van der Waals surface area contributed by atoms with E-state index < -0.39 is 0 Å². The Balaban J connectivity index is 0.000000767. The second kappa shape index (κ2) is 15.4. The van der Waals surface area contributed by atoms with Gasteiger partial charge in [-0.3, -0.25) is 0 Å². The van der Waals surface area contributed by atoms with Gasteiger partial charge in [0.15, 0.2) is 0 Å². The first-order chi connectivity index (χ1) is 20.7. The highest BCUT2D eigenvalue weighted by Gasteiger charge is 2.17. The van der Waals surface area contributed by atoms with Crippen molar-refractivity contribution in [3.63, 3.8) is 0 Å². The summed E-state index contributed by atoms with van der Waals surface area (Å²) in [4.78, 5) is 0. The molecule has 228 valence electrons. The van der Waals surface area contributed by atoms with Gasteiger partial charge >= 0.3 is 0 Å². The summed E-state index contributed by atoms with van der Waals surface area (Å²) >= 11 is 0. The predicted molar refractivity (Wildman–Crippen MR) is 175 cm³/mol. The molecule has 5 rings (SSSR count). The summed E-state index contributed by atoms with van der Waals surface area (Å²) in [5, 5.41) is 17.7.